The largest absolute Gasteiger partial charge is 0.373 e. The molecule has 23 heavy (non-hydrogen) atoms. The molecule has 1 fully saturated rings. The molecule has 2 N–H and O–H groups in total. The maximum Gasteiger partial charge on any atom is 0.191 e. The zero-order chi connectivity index (χ0) is 15.4. The fraction of sp³-hybridized carbons (Fsp3) is 0.611. The molecule has 1 unspecified atom stereocenters. The van der Waals surface area contributed by atoms with E-state index >= 15 is 0 Å². The molecule has 0 spiro atoms. The van der Waals surface area contributed by atoms with Crippen LogP contribution in [0.3, 0.4) is 0 Å². The Bertz CT molecular complexity index is 553. The van der Waals surface area contributed by atoms with Crippen LogP contribution in [0.5, 0.6) is 0 Å². The summed E-state index contributed by atoms with van der Waals surface area (Å²) in [5.74, 6) is 0.845. The number of nitrogens with zero attached hydrogens (tertiary/aromatic N) is 1. The maximum atomic E-state index is 5.80. The topological polar surface area (TPSA) is 45.7 Å². The molecule has 1 aliphatic heterocycles. The van der Waals surface area contributed by atoms with E-state index in [0.29, 0.717) is 0 Å². The van der Waals surface area contributed by atoms with Gasteiger partial charge in [0.1, 0.15) is 0 Å². The molecule has 0 radical (unpaired) electrons. The SMILES string of the molecule is CN=C(NCc1ccc2c(c1)CCC2)NCC1(C)CCCO1.I. The van der Waals surface area contributed by atoms with E-state index in [2.05, 4.69) is 40.7 Å². The Morgan fingerprint density at radius 3 is 2.78 bits per heavy atom. The average Bonchev–Trinajstić information content (AvgIpc) is 3.16. The number of aryl methyl sites for hydroxylation is 2. The summed E-state index contributed by atoms with van der Waals surface area (Å²) in [4.78, 5) is 4.31. The normalized spacial score (nSPS) is 23.3. The number of rotatable bonds is 4. The highest BCUT2D eigenvalue weighted by atomic mass is 127. The highest BCUT2D eigenvalue weighted by Crippen LogP contribution is 2.24. The van der Waals surface area contributed by atoms with Crippen LogP contribution < -0.4 is 10.6 Å². The van der Waals surface area contributed by atoms with E-state index in [4.69, 9.17) is 4.74 Å². The Kier molecular flexibility index (Phi) is 6.71. The fourth-order valence-corrected chi connectivity index (χ4v) is 3.39. The molecular formula is C18H28IN3O. The van der Waals surface area contributed by atoms with Crippen molar-refractivity contribution in [1.29, 1.82) is 0 Å². The molecule has 2 aliphatic rings. The smallest absolute Gasteiger partial charge is 0.191 e. The maximum absolute atomic E-state index is 5.80. The van der Waals surface area contributed by atoms with Gasteiger partial charge in [0.05, 0.1) is 5.60 Å². The molecule has 1 aromatic carbocycles. The molecule has 4 nitrogen and oxygen atoms in total. The van der Waals surface area contributed by atoms with Crippen LogP contribution in [0.25, 0.3) is 0 Å². The van der Waals surface area contributed by atoms with Crippen LogP contribution in [-0.4, -0.2) is 31.8 Å². The predicted octanol–water partition coefficient (Wildman–Crippen LogP) is 3.03. The lowest BCUT2D eigenvalue weighted by Gasteiger charge is -2.24. The minimum absolute atomic E-state index is 0. The highest BCUT2D eigenvalue weighted by molar-refractivity contribution is 14.0. The predicted molar refractivity (Wildman–Crippen MR) is 106 cm³/mol. The first-order valence-corrected chi connectivity index (χ1v) is 8.38. The number of ether oxygens (including phenoxy) is 1. The summed E-state index contributed by atoms with van der Waals surface area (Å²) in [6.45, 7) is 4.65. The van der Waals surface area contributed by atoms with Gasteiger partial charge < -0.3 is 15.4 Å². The summed E-state index contributed by atoms with van der Waals surface area (Å²) < 4.78 is 5.80. The van der Waals surface area contributed by atoms with Gasteiger partial charge in [-0.25, -0.2) is 0 Å². The lowest BCUT2D eigenvalue weighted by molar-refractivity contribution is 0.0243. The molecule has 3 rings (SSSR count). The Morgan fingerprint density at radius 2 is 2.04 bits per heavy atom. The second-order valence-electron chi connectivity index (χ2n) is 6.64. The zero-order valence-corrected chi connectivity index (χ0v) is 16.5. The summed E-state index contributed by atoms with van der Waals surface area (Å²) in [5.41, 5.74) is 4.32. The van der Waals surface area contributed by atoms with Crippen molar-refractivity contribution in [1.82, 2.24) is 10.6 Å². The fourth-order valence-electron chi connectivity index (χ4n) is 3.39. The summed E-state index contributed by atoms with van der Waals surface area (Å²) >= 11 is 0. The summed E-state index contributed by atoms with van der Waals surface area (Å²) in [7, 11) is 1.82. The van der Waals surface area contributed by atoms with Gasteiger partial charge in [-0.05, 0) is 55.7 Å². The van der Waals surface area contributed by atoms with E-state index in [-0.39, 0.29) is 29.6 Å². The number of fused-ring (bicyclic) bond motifs is 1. The molecule has 1 aliphatic carbocycles. The van der Waals surface area contributed by atoms with Crippen molar-refractivity contribution in [2.24, 2.45) is 4.99 Å². The number of hydrogen-bond acceptors (Lipinski definition) is 2. The second-order valence-corrected chi connectivity index (χ2v) is 6.64. The second kappa shape index (κ2) is 8.33. The van der Waals surface area contributed by atoms with Gasteiger partial charge in [0.15, 0.2) is 5.96 Å². The molecule has 0 amide bonds. The van der Waals surface area contributed by atoms with Crippen molar-refractivity contribution in [2.45, 2.75) is 51.2 Å². The molecule has 0 aromatic heterocycles. The van der Waals surface area contributed by atoms with Gasteiger partial charge in [-0.2, -0.15) is 0 Å². The van der Waals surface area contributed by atoms with Crippen LogP contribution in [0.15, 0.2) is 23.2 Å². The van der Waals surface area contributed by atoms with E-state index < -0.39 is 0 Å². The molecule has 1 heterocycles. The highest BCUT2D eigenvalue weighted by Gasteiger charge is 2.29. The zero-order valence-electron chi connectivity index (χ0n) is 14.2. The van der Waals surface area contributed by atoms with Crippen LogP contribution in [-0.2, 0) is 24.1 Å². The first-order valence-electron chi connectivity index (χ1n) is 8.38. The van der Waals surface area contributed by atoms with Gasteiger partial charge in [0.25, 0.3) is 0 Å². The van der Waals surface area contributed by atoms with Crippen LogP contribution >= 0.6 is 24.0 Å². The monoisotopic (exact) mass is 429 g/mol. The van der Waals surface area contributed by atoms with Gasteiger partial charge in [-0.3, -0.25) is 4.99 Å². The molecule has 128 valence electrons. The van der Waals surface area contributed by atoms with E-state index in [0.717, 1.165) is 38.5 Å². The van der Waals surface area contributed by atoms with Gasteiger partial charge >= 0.3 is 0 Å². The van der Waals surface area contributed by atoms with Crippen LogP contribution in [0.1, 0.15) is 42.9 Å². The van der Waals surface area contributed by atoms with Crippen LogP contribution in [0, 0.1) is 0 Å². The van der Waals surface area contributed by atoms with Crippen molar-refractivity contribution in [3.05, 3.63) is 34.9 Å². The van der Waals surface area contributed by atoms with Crippen molar-refractivity contribution in [2.75, 3.05) is 20.2 Å². The molecule has 0 bridgehead atoms. The molecule has 1 aromatic rings. The molecular weight excluding hydrogens is 401 g/mol. The minimum Gasteiger partial charge on any atom is -0.373 e. The molecule has 1 atom stereocenters. The van der Waals surface area contributed by atoms with Crippen LogP contribution in [0.2, 0.25) is 0 Å². The number of halogens is 1. The van der Waals surface area contributed by atoms with E-state index in [1.54, 1.807) is 0 Å². The summed E-state index contributed by atoms with van der Waals surface area (Å²) in [6, 6.07) is 6.85. The van der Waals surface area contributed by atoms with Crippen LogP contribution in [0.4, 0.5) is 0 Å². The van der Waals surface area contributed by atoms with Crippen molar-refractivity contribution in [3.8, 4) is 0 Å². The Labute approximate surface area is 156 Å². The number of guanidine groups is 1. The van der Waals surface area contributed by atoms with E-state index in [9.17, 15) is 0 Å². The quantitative estimate of drug-likeness (QED) is 0.440. The van der Waals surface area contributed by atoms with Crippen molar-refractivity contribution >= 4 is 29.9 Å². The summed E-state index contributed by atoms with van der Waals surface area (Å²) in [6.07, 6.45) is 6.03. The third-order valence-corrected chi connectivity index (χ3v) is 4.78. The number of aliphatic imine (C=N–C) groups is 1. The Balaban J connectivity index is 0.00000192. The first kappa shape index (κ1) is 18.5. The minimum atomic E-state index is -0.0504. The third-order valence-electron chi connectivity index (χ3n) is 4.78. The first-order chi connectivity index (χ1) is 10.7. The Hall–Kier alpha value is -0.820. The number of benzene rings is 1. The molecule has 5 heteroatoms. The van der Waals surface area contributed by atoms with Gasteiger partial charge in [0, 0.05) is 26.7 Å². The summed E-state index contributed by atoms with van der Waals surface area (Å²) in [5, 5.41) is 6.79. The average molecular weight is 429 g/mol. The lowest BCUT2D eigenvalue weighted by Crippen LogP contribution is -2.45. The molecule has 0 saturated carbocycles. The van der Waals surface area contributed by atoms with Gasteiger partial charge in [-0.1, -0.05) is 18.2 Å². The van der Waals surface area contributed by atoms with Crippen molar-refractivity contribution in [3.63, 3.8) is 0 Å². The number of nitrogens with one attached hydrogen (secondary N) is 2. The lowest BCUT2D eigenvalue weighted by atomic mass is 10.0. The van der Waals surface area contributed by atoms with Gasteiger partial charge in [-0.15, -0.1) is 24.0 Å². The van der Waals surface area contributed by atoms with Gasteiger partial charge in [0.2, 0.25) is 0 Å². The Morgan fingerprint density at radius 1 is 1.22 bits per heavy atom. The molecule has 1 saturated heterocycles. The third kappa shape index (κ3) is 4.83. The van der Waals surface area contributed by atoms with Crippen molar-refractivity contribution < 1.29 is 4.74 Å². The van der Waals surface area contributed by atoms with E-state index in [1.165, 1.54) is 36.0 Å². The number of hydrogen-bond donors (Lipinski definition) is 2. The standard InChI is InChI=1S/C18H27N3O.HI/c1-18(9-4-10-22-18)13-21-17(19-2)20-12-14-7-8-15-5-3-6-16(15)11-14;/h7-8,11H,3-6,9-10,12-13H2,1-2H3,(H2,19,20,21);1H. The van der Waals surface area contributed by atoms with E-state index in [1.807, 2.05) is 7.05 Å².